The number of hydrogen-bond donors (Lipinski definition) is 3. The maximum Gasteiger partial charge on any atom is 0.329 e. The van der Waals surface area contributed by atoms with Gasteiger partial charge >= 0.3 is 5.69 Å². The van der Waals surface area contributed by atoms with Crippen LogP contribution in [0.2, 0.25) is 0 Å². The molecule has 1 atom stereocenters. The van der Waals surface area contributed by atoms with Crippen molar-refractivity contribution in [3.05, 3.63) is 16.3 Å². The molecule has 0 fully saturated rings. The number of carbonyl (C=O) groups excluding carboxylic acids is 1. The molecule has 116 valence electrons. The van der Waals surface area contributed by atoms with E-state index in [0.29, 0.717) is 0 Å². The second-order valence-electron chi connectivity index (χ2n) is 5.54. The van der Waals surface area contributed by atoms with Gasteiger partial charge in [0.25, 0.3) is 0 Å². The maximum atomic E-state index is 12.0. The number of amides is 1. The molecule has 1 aromatic rings. The van der Waals surface area contributed by atoms with E-state index in [0.717, 1.165) is 6.20 Å². The van der Waals surface area contributed by atoms with Crippen LogP contribution < -0.4 is 16.0 Å². The Kier molecular flexibility index (Phi) is 5.01. The van der Waals surface area contributed by atoms with Gasteiger partial charge in [-0.15, -0.1) is 0 Å². The highest BCUT2D eigenvalue weighted by atomic mass is 16.6. The standard InChI is InChI=1S/C12H20N6O3/c1-7(10(19)17-12(2,3)4)15-9-8(18(20)21)6-14-11(13-5)16-9/h6-7H,1-5H3,(H,17,19)(H2,13,14,15,16). The lowest BCUT2D eigenvalue weighted by molar-refractivity contribution is -0.384. The van der Waals surface area contributed by atoms with Crippen molar-refractivity contribution in [2.24, 2.45) is 0 Å². The van der Waals surface area contributed by atoms with Crippen LogP contribution in [0.15, 0.2) is 6.20 Å². The fourth-order valence-corrected chi connectivity index (χ4v) is 1.48. The Morgan fingerprint density at radius 2 is 2.05 bits per heavy atom. The van der Waals surface area contributed by atoms with Gasteiger partial charge in [-0.05, 0) is 27.7 Å². The molecule has 21 heavy (non-hydrogen) atoms. The summed E-state index contributed by atoms with van der Waals surface area (Å²) in [4.78, 5) is 30.1. The van der Waals surface area contributed by atoms with Crippen molar-refractivity contribution in [1.29, 1.82) is 0 Å². The second-order valence-corrected chi connectivity index (χ2v) is 5.54. The molecule has 0 aliphatic heterocycles. The molecule has 1 heterocycles. The fraction of sp³-hybridized carbons (Fsp3) is 0.583. The number of nitrogens with one attached hydrogen (secondary N) is 3. The van der Waals surface area contributed by atoms with E-state index < -0.39 is 11.0 Å². The lowest BCUT2D eigenvalue weighted by Gasteiger charge is -2.23. The Morgan fingerprint density at radius 3 is 2.52 bits per heavy atom. The minimum absolute atomic E-state index is 0.00379. The Labute approximate surface area is 122 Å². The lowest BCUT2D eigenvalue weighted by atomic mass is 10.1. The molecule has 0 aromatic carbocycles. The number of nitro groups is 1. The van der Waals surface area contributed by atoms with E-state index in [1.807, 2.05) is 20.8 Å². The van der Waals surface area contributed by atoms with Gasteiger partial charge in [0.2, 0.25) is 17.7 Å². The molecular weight excluding hydrogens is 276 g/mol. The third kappa shape index (κ3) is 4.86. The van der Waals surface area contributed by atoms with Crippen molar-refractivity contribution in [3.63, 3.8) is 0 Å². The van der Waals surface area contributed by atoms with Crippen LogP contribution in [0.1, 0.15) is 27.7 Å². The third-order valence-electron chi connectivity index (χ3n) is 2.43. The molecule has 1 amide bonds. The van der Waals surface area contributed by atoms with Crippen molar-refractivity contribution < 1.29 is 9.72 Å². The van der Waals surface area contributed by atoms with Gasteiger partial charge in [0.1, 0.15) is 12.2 Å². The molecular formula is C12H20N6O3. The number of aromatic nitrogens is 2. The van der Waals surface area contributed by atoms with Crippen LogP contribution in [-0.2, 0) is 4.79 Å². The van der Waals surface area contributed by atoms with Crippen LogP contribution in [-0.4, -0.2) is 39.4 Å². The monoisotopic (exact) mass is 296 g/mol. The van der Waals surface area contributed by atoms with Gasteiger partial charge < -0.3 is 16.0 Å². The van der Waals surface area contributed by atoms with E-state index >= 15 is 0 Å². The van der Waals surface area contributed by atoms with E-state index in [2.05, 4.69) is 25.9 Å². The van der Waals surface area contributed by atoms with E-state index in [-0.39, 0.29) is 28.9 Å². The molecule has 0 spiro atoms. The van der Waals surface area contributed by atoms with Crippen LogP contribution in [0.4, 0.5) is 17.5 Å². The molecule has 9 nitrogen and oxygen atoms in total. The number of anilines is 2. The molecule has 1 aromatic heterocycles. The van der Waals surface area contributed by atoms with Crippen molar-refractivity contribution in [2.75, 3.05) is 17.7 Å². The lowest BCUT2D eigenvalue weighted by Crippen LogP contribution is -2.47. The molecule has 0 aliphatic rings. The Balaban J connectivity index is 2.95. The predicted octanol–water partition coefficient (Wildman–Crippen LogP) is 1.14. The van der Waals surface area contributed by atoms with Crippen molar-refractivity contribution in [1.82, 2.24) is 15.3 Å². The molecule has 1 unspecified atom stereocenters. The van der Waals surface area contributed by atoms with Gasteiger partial charge in [0.15, 0.2) is 0 Å². The summed E-state index contributed by atoms with van der Waals surface area (Å²) in [5, 5.41) is 19.2. The Bertz CT molecular complexity index is 540. The first-order valence-corrected chi connectivity index (χ1v) is 6.42. The van der Waals surface area contributed by atoms with Crippen molar-refractivity contribution in [2.45, 2.75) is 39.3 Å². The first kappa shape index (κ1) is 16.6. The summed E-state index contributed by atoms with van der Waals surface area (Å²) in [6.45, 7) is 7.16. The van der Waals surface area contributed by atoms with Crippen molar-refractivity contribution in [3.8, 4) is 0 Å². The first-order valence-electron chi connectivity index (χ1n) is 6.42. The van der Waals surface area contributed by atoms with Gasteiger partial charge in [-0.1, -0.05) is 0 Å². The van der Waals surface area contributed by atoms with Gasteiger partial charge in [-0.25, -0.2) is 4.98 Å². The molecule has 0 bridgehead atoms. The van der Waals surface area contributed by atoms with Crippen LogP contribution >= 0.6 is 0 Å². The summed E-state index contributed by atoms with van der Waals surface area (Å²) in [6.07, 6.45) is 1.09. The Hall–Kier alpha value is -2.45. The predicted molar refractivity (Wildman–Crippen MR) is 79.2 cm³/mol. The van der Waals surface area contributed by atoms with Crippen LogP contribution in [0.3, 0.4) is 0 Å². The number of carbonyl (C=O) groups is 1. The highest BCUT2D eigenvalue weighted by Gasteiger charge is 2.23. The third-order valence-corrected chi connectivity index (χ3v) is 2.43. The summed E-state index contributed by atoms with van der Waals surface area (Å²) in [7, 11) is 1.60. The van der Waals surface area contributed by atoms with Crippen molar-refractivity contribution >= 4 is 23.4 Å². The van der Waals surface area contributed by atoms with Gasteiger partial charge in [0.05, 0.1) is 4.92 Å². The van der Waals surface area contributed by atoms with Gasteiger partial charge in [-0.3, -0.25) is 14.9 Å². The highest BCUT2D eigenvalue weighted by molar-refractivity contribution is 5.85. The molecule has 9 heteroatoms. The summed E-state index contributed by atoms with van der Waals surface area (Å²) < 4.78 is 0. The van der Waals surface area contributed by atoms with Gasteiger partial charge in [0, 0.05) is 12.6 Å². The van der Waals surface area contributed by atoms with E-state index in [4.69, 9.17) is 0 Å². The second kappa shape index (κ2) is 6.33. The number of rotatable bonds is 5. The smallest absolute Gasteiger partial charge is 0.329 e. The zero-order chi connectivity index (χ0) is 16.2. The SMILES string of the molecule is CNc1ncc([N+](=O)[O-])c(NC(C)C(=O)NC(C)(C)C)n1. The molecule has 0 radical (unpaired) electrons. The number of nitrogens with zero attached hydrogens (tertiary/aromatic N) is 3. The normalized spacial score (nSPS) is 12.4. The summed E-state index contributed by atoms with van der Waals surface area (Å²) in [5.74, 6) is -0.0520. The van der Waals surface area contributed by atoms with E-state index in [1.54, 1.807) is 14.0 Å². The molecule has 1 rings (SSSR count). The minimum Gasteiger partial charge on any atom is -0.357 e. The first-order chi connectivity index (χ1) is 9.64. The van der Waals surface area contributed by atoms with Crippen LogP contribution in [0.25, 0.3) is 0 Å². The fourth-order valence-electron chi connectivity index (χ4n) is 1.48. The van der Waals surface area contributed by atoms with Crippen LogP contribution in [0.5, 0.6) is 0 Å². The summed E-state index contributed by atoms with van der Waals surface area (Å²) >= 11 is 0. The zero-order valence-corrected chi connectivity index (χ0v) is 12.7. The summed E-state index contributed by atoms with van der Waals surface area (Å²) in [5.41, 5.74) is -0.676. The van der Waals surface area contributed by atoms with Gasteiger partial charge in [-0.2, -0.15) is 4.98 Å². The molecule has 0 saturated carbocycles. The zero-order valence-electron chi connectivity index (χ0n) is 12.7. The topological polar surface area (TPSA) is 122 Å². The van der Waals surface area contributed by atoms with E-state index in [9.17, 15) is 14.9 Å². The maximum absolute atomic E-state index is 12.0. The molecule has 0 aliphatic carbocycles. The van der Waals surface area contributed by atoms with Crippen LogP contribution in [0, 0.1) is 10.1 Å². The summed E-state index contributed by atoms with van der Waals surface area (Å²) in [6, 6.07) is -0.678. The average molecular weight is 296 g/mol. The molecule has 0 saturated heterocycles. The number of hydrogen-bond acceptors (Lipinski definition) is 7. The Morgan fingerprint density at radius 1 is 1.43 bits per heavy atom. The highest BCUT2D eigenvalue weighted by Crippen LogP contribution is 2.22. The van der Waals surface area contributed by atoms with E-state index in [1.165, 1.54) is 0 Å². The average Bonchev–Trinajstić information content (AvgIpc) is 2.36. The quantitative estimate of drug-likeness (QED) is 0.550. The molecule has 3 N–H and O–H groups in total. The largest absolute Gasteiger partial charge is 0.357 e. The minimum atomic E-state index is -0.678.